The zero-order valence-corrected chi connectivity index (χ0v) is 15.3. The van der Waals surface area contributed by atoms with Gasteiger partial charge >= 0.3 is 5.97 Å². The molecule has 2 heterocycles. The first-order valence-electron chi connectivity index (χ1n) is 8.55. The maximum Gasteiger partial charge on any atom is 0.307 e. The van der Waals surface area contributed by atoms with E-state index in [0.29, 0.717) is 23.0 Å². The van der Waals surface area contributed by atoms with Gasteiger partial charge in [-0.2, -0.15) is 0 Å². The van der Waals surface area contributed by atoms with E-state index in [9.17, 15) is 14.0 Å². The van der Waals surface area contributed by atoms with Gasteiger partial charge in [0.15, 0.2) is 23.6 Å². The number of amides is 1. The van der Waals surface area contributed by atoms with Crippen LogP contribution in [0.4, 0.5) is 10.2 Å². The second-order valence-corrected chi connectivity index (χ2v) is 6.07. The van der Waals surface area contributed by atoms with Crippen LogP contribution in [0.25, 0.3) is 11.3 Å². The molecular weight excluding hydrogens is 369 g/mol. The van der Waals surface area contributed by atoms with Gasteiger partial charge in [-0.1, -0.05) is 5.16 Å². The topological polar surface area (TPSA) is 107 Å². The van der Waals surface area contributed by atoms with E-state index in [1.54, 1.807) is 25.1 Å². The number of esters is 1. The van der Waals surface area contributed by atoms with Crippen molar-refractivity contribution in [2.45, 2.75) is 32.8 Å². The highest BCUT2D eigenvalue weighted by atomic mass is 19.1. The molecule has 9 heteroatoms. The summed E-state index contributed by atoms with van der Waals surface area (Å²) in [7, 11) is 0. The van der Waals surface area contributed by atoms with Gasteiger partial charge in [-0.3, -0.25) is 9.59 Å². The summed E-state index contributed by atoms with van der Waals surface area (Å²) in [5, 5.41) is 6.13. The number of nitrogens with one attached hydrogen (secondary N) is 1. The minimum absolute atomic E-state index is 0.00986. The van der Waals surface area contributed by atoms with Crippen LogP contribution in [-0.4, -0.2) is 28.1 Å². The fraction of sp³-hybridized carbons (Fsp3) is 0.263. The summed E-state index contributed by atoms with van der Waals surface area (Å²) in [6.07, 6.45) is 0.703. The van der Waals surface area contributed by atoms with Crippen molar-refractivity contribution in [1.29, 1.82) is 0 Å². The number of hydrogen-bond donors (Lipinski definition) is 1. The van der Waals surface area contributed by atoms with E-state index in [1.165, 1.54) is 25.3 Å². The molecule has 28 heavy (non-hydrogen) atoms. The quantitative estimate of drug-likeness (QED) is 0.620. The predicted octanol–water partition coefficient (Wildman–Crippen LogP) is 3.28. The normalized spacial score (nSPS) is 11.8. The molecule has 0 radical (unpaired) electrons. The summed E-state index contributed by atoms with van der Waals surface area (Å²) in [5.74, 6) is 0.176. The molecular formula is C19H18FN3O5. The molecule has 3 rings (SSSR count). The van der Waals surface area contributed by atoms with Crippen molar-refractivity contribution >= 4 is 17.7 Å². The van der Waals surface area contributed by atoms with Crippen LogP contribution in [0.2, 0.25) is 0 Å². The van der Waals surface area contributed by atoms with Gasteiger partial charge in [0.1, 0.15) is 11.6 Å². The molecule has 1 amide bonds. The maximum atomic E-state index is 13.0. The average Bonchev–Trinajstić information content (AvgIpc) is 3.29. The highest BCUT2D eigenvalue weighted by molar-refractivity contribution is 5.94. The molecule has 0 aliphatic heterocycles. The van der Waals surface area contributed by atoms with E-state index >= 15 is 0 Å². The summed E-state index contributed by atoms with van der Waals surface area (Å²) in [5.41, 5.74) is 0.677. The Balaban J connectivity index is 1.47. The third kappa shape index (κ3) is 5.03. The van der Waals surface area contributed by atoms with Crippen LogP contribution in [0.3, 0.4) is 0 Å². The van der Waals surface area contributed by atoms with Crippen LogP contribution in [-0.2, 0) is 20.7 Å². The summed E-state index contributed by atoms with van der Waals surface area (Å²) in [6, 6.07) is 7.34. The van der Waals surface area contributed by atoms with Crippen molar-refractivity contribution in [3.05, 3.63) is 54.0 Å². The molecule has 1 aromatic carbocycles. The van der Waals surface area contributed by atoms with Gasteiger partial charge in [0.05, 0.1) is 12.6 Å². The van der Waals surface area contributed by atoms with Crippen molar-refractivity contribution in [1.82, 2.24) is 10.1 Å². The van der Waals surface area contributed by atoms with Crippen LogP contribution in [0.1, 0.15) is 25.0 Å². The Morgan fingerprint density at radius 1 is 1.29 bits per heavy atom. The van der Waals surface area contributed by atoms with Crippen LogP contribution < -0.4 is 5.32 Å². The van der Waals surface area contributed by atoms with E-state index < -0.39 is 18.0 Å². The van der Waals surface area contributed by atoms with Crippen LogP contribution in [0.5, 0.6) is 0 Å². The molecule has 8 nitrogen and oxygen atoms in total. The van der Waals surface area contributed by atoms with Crippen LogP contribution in [0.15, 0.2) is 45.5 Å². The minimum Gasteiger partial charge on any atom is -0.453 e. The second-order valence-electron chi connectivity index (χ2n) is 6.07. The van der Waals surface area contributed by atoms with E-state index in [4.69, 9.17) is 13.7 Å². The molecule has 0 aliphatic rings. The largest absolute Gasteiger partial charge is 0.453 e. The first-order valence-corrected chi connectivity index (χ1v) is 8.55. The first kappa shape index (κ1) is 19.3. The van der Waals surface area contributed by atoms with Crippen LogP contribution >= 0.6 is 0 Å². The molecule has 0 aliphatic carbocycles. The predicted molar refractivity (Wildman–Crippen MR) is 95.6 cm³/mol. The number of carbonyl (C=O) groups is 2. The SMILES string of the molecule is Cc1cc(NC(=O)C(C)OC(=O)CCc2ncc(-c3ccc(F)cc3)o2)no1. The van der Waals surface area contributed by atoms with Crippen molar-refractivity contribution in [3.8, 4) is 11.3 Å². The second kappa shape index (κ2) is 8.47. The molecule has 0 saturated heterocycles. The molecule has 3 aromatic rings. The molecule has 146 valence electrons. The van der Waals surface area contributed by atoms with Gasteiger partial charge in [0, 0.05) is 18.1 Å². The number of nitrogens with zero attached hydrogens (tertiary/aromatic N) is 2. The number of halogens is 1. The van der Waals surface area contributed by atoms with Gasteiger partial charge in [0.25, 0.3) is 5.91 Å². The van der Waals surface area contributed by atoms with Gasteiger partial charge in [-0.25, -0.2) is 9.37 Å². The van der Waals surface area contributed by atoms with Crippen LogP contribution in [0, 0.1) is 12.7 Å². The summed E-state index contributed by atoms with van der Waals surface area (Å²) < 4.78 is 28.5. The first-order chi connectivity index (χ1) is 13.4. The van der Waals surface area contributed by atoms with Gasteiger partial charge < -0.3 is 19.0 Å². The average molecular weight is 387 g/mol. The van der Waals surface area contributed by atoms with E-state index in [2.05, 4.69) is 15.5 Å². The summed E-state index contributed by atoms with van der Waals surface area (Å²) >= 11 is 0. The highest BCUT2D eigenvalue weighted by Crippen LogP contribution is 2.21. The zero-order chi connectivity index (χ0) is 20.1. The number of aryl methyl sites for hydroxylation is 2. The maximum absolute atomic E-state index is 13.0. The Kier molecular flexibility index (Phi) is 5.83. The fourth-order valence-electron chi connectivity index (χ4n) is 2.35. The third-order valence-electron chi connectivity index (χ3n) is 3.78. The van der Waals surface area contributed by atoms with E-state index in [-0.39, 0.29) is 24.5 Å². The molecule has 0 bridgehead atoms. The lowest BCUT2D eigenvalue weighted by Gasteiger charge is -2.11. The fourth-order valence-corrected chi connectivity index (χ4v) is 2.35. The number of carbonyl (C=O) groups excluding carboxylic acids is 2. The number of oxazole rings is 1. The lowest BCUT2D eigenvalue weighted by Crippen LogP contribution is -2.30. The standard InChI is InChI=1S/C19H18FN3O5/c1-11-9-16(23-28-11)22-19(25)12(2)26-18(24)8-7-17-21-10-15(27-17)13-3-5-14(20)6-4-13/h3-6,9-10,12H,7-8H2,1-2H3,(H,22,23,25). The monoisotopic (exact) mass is 387 g/mol. The van der Waals surface area contributed by atoms with Gasteiger partial charge in [-0.15, -0.1) is 0 Å². The van der Waals surface area contributed by atoms with Crippen molar-refractivity contribution in [3.63, 3.8) is 0 Å². The Morgan fingerprint density at radius 3 is 2.71 bits per heavy atom. The lowest BCUT2D eigenvalue weighted by molar-refractivity contribution is -0.153. The van der Waals surface area contributed by atoms with Gasteiger partial charge in [-0.05, 0) is 38.1 Å². The molecule has 0 fully saturated rings. The number of anilines is 1. The number of benzene rings is 1. The molecule has 0 saturated carbocycles. The Labute approximate surface area is 159 Å². The Bertz CT molecular complexity index is 964. The molecule has 1 N–H and O–H groups in total. The smallest absolute Gasteiger partial charge is 0.307 e. The van der Waals surface area contributed by atoms with Crippen molar-refractivity contribution in [2.24, 2.45) is 0 Å². The molecule has 0 spiro atoms. The molecule has 1 atom stereocenters. The summed E-state index contributed by atoms with van der Waals surface area (Å²) in [6.45, 7) is 3.15. The molecule has 1 unspecified atom stereocenters. The molecule has 2 aromatic heterocycles. The zero-order valence-electron chi connectivity index (χ0n) is 15.3. The van der Waals surface area contributed by atoms with Crippen molar-refractivity contribution < 1.29 is 27.7 Å². The Hall–Kier alpha value is -3.49. The van der Waals surface area contributed by atoms with Gasteiger partial charge in [0.2, 0.25) is 0 Å². The van der Waals surface area contributed by atoms with E-state index in [1.807, 2.05) is 0 Å². The lowest BCUT2D eigenvalue weighted by atomic mass is 10.2. The summed E-state index contributed by atoms with van der Waals surface area (Å²) in [4.78, 5) is 28.0. The number of hydrogen-bond acceptors (Lipinski definition) is 7. The minimum atomic E-state index is -0.996. The Morgan fingerprint density at radius 2 is 2.04 bits per heavy atom. The number of rotatable bonds is 7. The van der Waals surface area contributed by atoms with E-state index in [0.717, 1.165) is 0 Å². The number of aromatic nitrogens is 2. The third-order valence-corrected chi connectivity index (χ3v) is 3.78. The van der Waals surface area contributed by atoms with Crippen molar-refractivity contribution in [2.75, 3.05) is 5.32 Å². The highest BCUT2D eigenvalue weighted by Gasteiger charge is 2.19. The number of ether oxygens (including phenoxy) is 1.